The highest BCUT2D eigenvalue weighted by molar-refractivity contribution is 6.16. The lowest BCUT2D eigenvalue weighted by molar-refractivity contribution is 1.00. The molecule has 5 heterocycles. The first-order chi connectivity index (χ1) is 28.3. The van der Waals surface area contributed by atoms with E-state index in [4.69, 9.17) is 4.98 Å². The molecule has 5 aromatic heterocycles. The monoisotopic (exact) mass is 729 g/mol. The Balaban J connectivity index is 1.10. The minimum Gasteiger partial charge on any atom is -0.353 e. The number of nitrogens with one attached hydrogen (secondary N) is 1. The quantitative estimate of drug-likeness (QED) is 0.185. The summed E-state index contributed by atoms with van der Waals surface area (Å²) < 4.78 is 2.44. The minimum absolute atomic E-state index is 0.803. The number of allylic oxidation sites excluding steroid dienone is 3. The van der Waals surface area contributed by atoms with Gasteiger partial charge in [-0.2, -0.15) is 0 Å². The summed E-state index contributed by atoms with van der Waals surface area (Å²) in [6.45, 7) is 0. The van der Waals surface area contributed by atoms with Crippen molar-refractivity contribution in [2.24, 2.45) is 0 Å². The zero-order valence-corrected chi connectivity index (χ0v) is 31.0. The molecule has 0 fully saturated rings. The molecule has 0 amide bonds. The Morgan fingerprint density at radius 2 is 1.12 bits per heavy atom. The molecule has 0 spiro atoms. The molecule has 11 rings (SSSR count). The summed E-state index contributed by atoms with van der Waals surface area (Å²) in [5.74, 6) is 0. The predicted octanol–water partition coefficient (Wildman–Crippen LogP) is 12.8. The molecule has 57 heavy (non-hydrogen) atoms. The number of hydrogen-bond donors (Lipinski definition) is 1. The fourth-order valence-corrected chi connectivity index (χ4v) is 8.49. The van der Waals surface area contributed by atoms with Crippen LogP contribution in [0.25, 0.3) is 95.1 Å². The highest BCUT2D eigenvalue weighted by Gasteiger charge is 2.21. The van der Waals surface area contributed by atoms with Gasteiger partial charge in [-0.3, -0.25) is 9.97 Å². The SMILES string of the molecule is C1=CC(c2ccccc2)=Cc2c(n(-c3ccccc3)c3ccc(-c4cccc5c4[nH]c4c(-c6cc(-c7ccccn7)nc(-c7ccccn7)c6)cccc45)cc23)C1. The van der Waals surface area contributed by atoms with E-state index in [9.17, 15) is 0 Å². The molecule has 1 aliphatic rings. The van der Waals surface area contributed by atoms with Gasteiger partial charge in [0.05, 0.1) is 39.3 Å². The fourth-order valence-electron chi connectivity index (χ4n) is 8.49. The molecule has 5 aromatic carbocycles. The maximum absolute atomic E-state index is 5.04. The van der Waals surface area contributed by atoms with Gasteiger partial charge in [0.25, 0.3) is 0 Å². The average molecular weight is 730 g/mol. The standard InChI is InChI=1S/C52H35N5/c1-3-14-34(15-4-1)35-16-11-25-49-43(30-35)44-31-36(26-27-50(44)57(49)38-17-5-2-6-18-38)39-19-12-21-41-42-22-13-20-40(52(42)56-51(39)41)37-32-47(45-23-7-9-28-53-45)55-48(33-37)46-24-8-10-29-54-46/h1-24,26-33,56H,25H2. The Hall–Kier alpha value is -7.63. The molecule has 0 radical (unpaired) electrons. The van der Waals surface area contributed by atoms with Crippen LogP contribution in [0.5, 0.6) is 0 Å². The van der Waals surface area contributed by atoms with E-state index in [0.29, 0.717) is 0 Å². The van der Waals surface area contributed by atoms with Crippen LogP contribution >= 0.6 is 0 Å². The molecule has 10 aromatic rings. The van der Waals surface area contributed by atoms with Crippen LogP contribution in [0.2, 0.25) is 0 Å². The van der Waals surface area contributed by atoms with Gasteiger partial charge in [-0.15, -0.1) is 0 Å². The van der Waals surface area contributed by atoms with Gasteiger partial charge in [-0.1, -0.05) is 115 Å². The van der Waals surface area contributed by atoms with Crippen LogP contribution in [0.3, 0.4) is 0 Å². The van der Waals surface area contributed by atoms with Gasteiger partial charge in [0, 0.05) is 63.0 Å². The Bertz CT molecular complexity index is 3120. The molecule has 0 unspecified atom stereocenters. The first-order valence-corrected chi connectivity index (χ1v) is 19.3. The third-order valence-corrected chi connectivity index (χ3v) is 11.1. The van der Waals surface area contributed by atoms with Crippen LogP contribution in [0.15, 0.2) is 188 Å². The average Bonchev–Trinajstić information content (AvgIpc) is 3.73. The Labute approximate surface area is 330 Å². The molecule has 0 saturated carbocycles. The Kier molecular flexibility index (Phi) is 7.81. The predicted molar refractivity (Wildman–Crippen MR) is 235 cm³/mol. The van der Waals surface area contributed by atoms with Gasteiger partial charge >= 0.3 is 0 Å². The Morgan fingerprint density at radius 1 is 0.491 bits per heavy atom. The summed E-state index contributed by atoms with van der Waals surface area (Å²) in [6, 6.07) is 57.7. The molecule has 0 saturated heterocycles. The number of aromatic amines is 1. The lowest BCUT2D eigenvalue weighted by atomic mass is 9.97. The molecule has 0 aliphatic heterocycles. The topological polar surface area (TPSA) is 59.4 Å². The first-order valence-electron chi connectivity index (χ1n) is 19.3. The molecule has 1 N–H and O–H groups in total. The van der Waals surface area contributed by atoms with Crippen molar-refractivity contribution in [3.8, 4) is 50.7 Å². The highest BCUT2D eigenvalue weighted by atomic mass is 15.0. The van der Waals surface area contributed by atoms with E-state index in [-0.39, 0.29) is 0 Å². The van der Waals surface area contributed by atoms with Crippen molar-refractivity contribution < 1.29 is 0 Å². The van der Waals surface area contributed by atoms with Gasteiger partial charge in [-0.25, -0.2) is 4.98 Å². The van der Waals surface area contributed by atoms with Crippen molar-refractivity contribution in [1.29, 1.82) is 0 Å². The number of fused-ring (bicyclic) bond motifs is 6. The number of rotatable bonds is 6. The van der Waals surface area contributed by atoms with Crippen LogP contribution in [0.1, 0.15) is 16.8 Å². The zero-order valence-electron chi connectivity index (χ0n) is 31.0. The van der Waals surface area contributed by atoms with Crippen molar-refractivity contribution >= 4 is 44.4 Å². The van der Waals surface area contributed by atoms with Crippen molar-refractivity contribution in [1.82, 2.24) is 24.5 Å². The second-order valence-corrected chi connectivity index (χ2v) is 14.5. The lowest BCUT2D eigenvalue weighted by Crippen LogP contribution is -1.99. The van der Waals surface area contributed by atoms with Crippen LogP contribution in [0.4, 0.5) is 0 Å². The van der Waals surface area contributed by atoms with E-state index < -0.39 is 0 Å². The van der Waals surface area contributed by atoms with E-state index in [0.717, 1.165) is 56.9 Å². The lowest BCUT2D eigenvalue weighted by Gasteiger charge is -2.10. The van der Waals surface area contributed by atoms with Crippen LogP contribution < -0.4 is 0 Å². The number of benzene rings is 5. The van der Waals surface area contributed by atoms with Gasteiger partial charge in [0.15, 0.2) is 0 Å². The number of pyridine rings is 3. The van der Waals surface area contributed by atoms with Crippen LogP contribution in [0, 0.1) is 0 Å². The maximum atomic E-state index is 5.04. The normalized spacial score (nSPS) is 12.5. The molecule has 5 nitrogen and oxygen atoms in total. The van der Waals surface area contributed by atoms with E-state index >= 15 is 0 Å². The molecule has 0 atom stereocenters. The van der Waals surface area contributed by atoms with Gasteiger partial charge in [0.1, 0.15) is 0 Å². The third kappa shape index (κ3) is 5.68. The van der Waals surface area contributed by atoms with Crippen molar-refractivity contribution in [3.05, 3.63) is 205 Å². The van der Waals surface area contributed by atoms with E-state index in [2.05, 4.69) is 165 Å². The zero-order chi connectivity index (χ0) is 37.7. The van der Waals surface area contributed by atoms with E-state index in [1.54, 1.807) is 0 Å². The molecular weight excluding hydrogens is 695 g/mol. The fraction of sp³-hybridized carbons (Fsp3) is 0.0192. The number of aromatic nitrogens is 5. The van der Waals surface area contributed by atoms with Gasteiger partial charge in [0.2, 0.25) is 0 Å². The largest absolute Gasteiger partial charge is 0.353 e. The van der Waals surface area contributed by atoms with E-state index in [1.165, 1.54) is 55.3 Å². The number of H-pyrrole nitrogens is 1. The summed E-state index contributed by atoms with van der Waals surface area (Å²) in [4.78, 5) is 18.3. The smallest absolute Gasteiger partial charge is 0.0900 e. The molecule has 0 bridgehead atoms. The number of nitrogens with zero attached hydrogens (tertiary/aromatic N) is 4. The second-order valence-electron chi connectivity index (χ2n) is 14.5. The van der Waals surface area contributed by atoms with Crippen molar-refractivity contribution in [3.63, 3.8) is 0 Å². The summed E-state index contributed by atoms with van der Waals surface area (Å²) in [5, 5.41) is 3.59. The third-order valence-electron chi connectivity index (χ3n) is 11.1. The molecule has 268 valence electrons. The van der Waals surface area contributed by atoms with Crippen molar-refractivity contribution in [2.75, 3.05) is 0 Å². The summed E-state index contributed by atoms with van der Waals surface area (Å²) >= 11 is 0. The molecule has 5 heteroatoms. The number of para-hydroxylation sites is 3. The van der Waals surface area contributed by atoms with Gasteiger partial charge in [-0.05, 0) is 89.0 Å². The summed E-state index contributed by atoms with van der Waals surface area (Å²) in [5.41, 5.74) is 17.2. The summed E-state index contributed by atoms with van der Waals surface area (Å²) in [6.07, 6.45) is 11.4. The Morgan fingerprint density at radius 3 is 1.77 bits per heavy atom. The van der Waals surface area contributed by atoms with Gasteiger partial charge < -0.3 is 9.55 Å². The van der Waals surface area contributed by atoms with Crippen LogP contribution in [-0.2, 0) is 6.42 Å². The molecule has 1 aliphatic carbocycles. The number of hydrogen-bond acceptors (Lipinski definition) is 3. The van der Waals surface area contributed by atoms with E-state index in [1.807, 2.05) is 48.8 Å². The second kappa shape index (κ2) is 13.6. The first kappa shape index (κ1) is 32.8. The highest BCUT2D eigenvalue weighted by Crippen LogP contribution is 2.41. The van der Waals surface area contributed by atoms with Crippen molar-refractivity contribution in [2.45, 2.75) is 6.42 Å². The minimum atomic E-state index is 0.803. The maximum Gasteiger partial charge on any atom is 0.0900 e. The van der Waals surface area contributed by atoms with Crippen LogP contribution in [-0.4, -0.2) is 24.5 Å². The summed E-state index contributed by atoms with van der Waals surface area (Å²) in [7, 11) is 0. The molecular formula is C52H35N5.